The second-order valence-electron chi connectivity index (χ2n) is 17.8. The van der Waals surface area contributed by atoms with Crippen molar-refractivity contribution in [3.05, 3.63) is 46.0 Å². The zero-order valence-electron chi connectivity index (χ0n) is 30.2. The van der Waals surface area contributed by atoms with Gasteiger partial charge in [0.05, 0.1) is 6.42 Å². The molecular formula is C41H58ClNO4. The lowest BCUT2D eigenvalue weighted by Gasteiger charge is -2.72. The third-order valence-corrected chi connectivity index (χ3v) is 15.3. The second-order valence-corrected chi connectivity index (χ2v) is 18.3. The number of esters is 1. The van der Waals surface area contributed by atoms with Crippen LogP contribution in [0.1, 0.15) is 125 Å². The Bertz CT molecular complexity index is 1460. The van der Waals surface area contributed by atoms with E-state index < -0.39 is 0 Å². The van der Waals surface area contributed by atoms with Crippen LogP contribution in [-0.2, 0) is 25.5 Å². The number of hydrogen-bond donors (Lipinski definition) is 1. The predicted octanol–water partition coefficient (Wildman–Crippen LogP) is 9.30. The second kappa shape index (κ2) is 12.0. The van der Waals surface area contributed by atoms with Crippen molar-refractivity contribution in [1.82, 2.24) is 5.32 Å². The summed E-state index contributed by atoms with van der Waals surface area (Å²) >= 11 is 6.04. The van der Waals surface area contributed by atoms with E-state index in [1.165, 1.54) is 18.4 Å². The molecule has 0 spiro atoms. The predicted molar refractivity (Wildman–Crippen MR) is 188 cm³/mol. The maximum atomic E-state index is 13.9. The van der Waals surface area contributed by atoms with E-state index in [0.29, 0.717) is 47.9 Å². The molecule has 258 valence electrons. The summed E-state index contributed by atoms with van der Waals surface area (Å²) in [5.74, 6) is 1.94. The lowest BCUT2D eigenvalue weighted by atomic mass is 9.33. The molecule has 1 aromatic carbocycles. The number of allylic oxidation sites excluding steroid dienone is 2. The number of carbonyl (C=O) groups excluding carboxylic acids is 3. The topological polar surface area (TPSA) is 72.5 Å². The summed E-state index contributed by atoms with van der Waals surface area (Å²) in [6, 6.07) is 7.47. The van der Waals surface area contributed by atoms with E-state index in [2.05, 4.69) is 53.8 Å². The number of fused-ring (bicyclic) bond motifs is 7. The molecule has 1 N–H and O–H groups in total. The Kier molecular flexibility index (Phi) is 8.88. The van der Waals surface area contributed by atoms with Crippen LogP contribution in [-0.4, -0.2) is 30.3 Å². The van der Waals surface area contributed by atoms with Gasteiger partial charge in [0.2, 0.25) is 5.91 Å². The van der Waals surface area contributed by atoms with Gasteiger partial charge < -0.3 is 10.1 Å². The van der Waals surface area contributed by atoms with E-state index >= 15 is 0 Å². The van der Waals surface area contributed by atoms with Gasteiger partial charge in [0.1, 0.15) is 6.10 Å². The number of Topliss-reactive ketones (excluding diaryl/α,β-unsaturated/α-hetero) is 1. The Balaban J connectivity index is 1.26. The van der Waals surface area contributed by atoms with Gasteiger partial charge in [-0.15, -0.1) is 0 Å². The molecule has 4 saturated carbocycles. The first kappa shape index (κ1) is 34.7. The van der Waals surface area contributed by atoms with Gasteiger partial charge in [-0.05, 0) is 121 Å². The number of rotatable bonds is 7. The molecule has 0 radical (unpaired) electrons. The molecule has 0 unspecified atom stereocenters. The summed E-state index contributed by atoms with van der Waals surface area (Å²) in [6.45, 7) is 19.1. The summed E-state index contributed by atoms with van der Waals surface area (Å²) in [5, 5.41) is 3.89. The molecular weight excluding hydrogens is 606 g/mol. The van der Waals surface area contributed by atoms with Gasteiger partial charge in [0.25, 0.3) is 0 Å². The molecule has 47 heavy (non-hydrogen) atoms. The van der Waals surface area contributed by atoms with Crippen LogP contribution in [0.3, 0.4) is 0 Å². The minimum Gasteiger partial charge on any atom is -0.462 e. The highest BCUT2D eigenvalue weighted by atomic mass is 35.5. The fraction of sp³-hybridized carbons (Fsp3) is 0.732. The van der Waals surface area contributed by atoms with Crippen LogP contribution in [0, 0.1) is 50.7 Å². The van der Waals surface area contributed by atoms with Crippen LogP contribution >= 0.6 is 11.6 Å². The van der Waals surface area contributed by atoms with E-state index in [0.717, 1.165) is 56.1 Å². The van der Waals surface area contributed by atoms with Gasteiger partial charge in [-0.25, -0.2) is 0 Å². The van der Waals surface area contributed by atoms with Gasteiger partial charge in [-0.3, -0.25) is 14.4 Å². The Hall–Kier alpha value is -2.14. The zero-order chi connectivity index (χ0) is 34.2. The molecule has 0 bridgehead atoms. The minimum atomic E-state index is -0.160. The Morgan fingerprint density at radius 3 is 2.28 bits per heavy atom. The van der Waals surface area contributed by atoms with Gasteiger partial charge in [-0.2, -0.15) is 0 Å². The first-order valence-electron chi connectivity index (χ1n) is 18.4. The molecule has 5 aliphatic carbocycles. The quantitative estimate of drug-likeness (QED) is 0.295. The number of amides is 1. The number of ketones is 1. The molecule has 0 saturated heterocycles. The zero-order valence-corrected chi connectivity index (χ0v) is 30.9. The monoisotopic (exact) mass is 663 g/mol. The number of benzene rings is 1. The van der Waals surface area contributed by atoms with Crippen molar-refractivity contribution in [3.8, 4) is 0 Å². The van der Waals surface area contributed by atoms with Crippen LogP contribution in [0.25, 0.3) is 0 Å². The Morgan fingerprint density at radius 1 is 0.915 bits per heavy atom. The molecule has 6 rings (SSSR count). The summed E-state index contributed by atoms with van der Waals surface area (Å²) in [7, 11) is 0. The molecule has 4 fully saturated rings. The van der Waals surface area contributed by atoms with Crippen LogP contribution < -0.4 is 5.32 Å². The van der Waals surface area contributed by atoms with Crippen LogP contribution in [0.5, 0.6) is 0 Å². The van der Waals surface area contributed by atoms with Crippen molar-refractivity contribution < 1.29 is 19.1 Å². The van der Waals surface area contributed by atoms with Gasteiger partial charge in [0.15, 0.2) is 5.78 Å². The van der Waals surface area contributed by atoms with E-state index in [4.69, 9.17) is 16.3 Å². The molecule has 1 aromatic rings. The summed E-state index contributed by atoms with van der Waals surface area (Å²) < 4.78 is 5.94. The molecule has 0 heterocycles. The molecule has 0 aromatic heterocycles. The highest BCUT2D eigenvalue weighted by molar-refractivity contribution is 6.30. The van der Waals surface area contributed by atoms with Crippen molar-refractivity contribution >= 4 is 29.3 Å². The molecule has 6 heteroatoms. The first-order valence-corrected chi connectivity index (χ1v) is 18.8. The molecule has 5 nitrogen and oxygen atoms in total. The lowest BCUT2D eigenvalue weighted by Crippen LogP contribution is -2.65. The average molecular weight is 664 g/mol. The van der Waals surface area contributed by atoms with E-state index in [1.54, 1.807) is 6.92 Å². The van der Waals surface area contributed by atoms with Crippen LogP contribution in [0.15, 0.2) is 35.4 Å². The van der Waals surface area contributed by atoms with Gasteiger partial charge in [-0.1, -0.05) is 77.8 Å². The smallest absolute Gasteiger partial charge is 0.302 e. The highest BCUT2D eigenvalue weighted by Crippen LogP contribution is 2.77. The standard InChI is InChI=1S/C41H58ClNO4/c1-25(2)35-30(45)24-41(21-22-43-34(46)23-27-9-11-28(42)12-10-27)20-19-39(7)29(36(35)41)13-14-32-38(6)17-16-33(47-26(3)44)37(4,5)31(38)15-18-40(32,39)8/h9-12,25,29,31-33H,13-24H2,1-8H3,(H,43,46)/t29-,31+,32-,33+,38+,39-,40-,41-/m1/s1. The van der Waals surface area contributed by atoms with Gasteiger partial charge >= 0.3 is 5.97 Å². The summed E-state index contributed by atoms with van der Waals surface area (Å²) in [6.07, 6.45) is 10.6. The third-order valence-electron chi connectivity index (χ3n) is 15.0. The highest BCUT2D eigenvalue weighted by Gasteiger charge is 2.70. The van der Waals surface area contributed by atoms with Crippen molar-refractivity contribution in [2.45, 2.75) is 132 Å². The molecule has 5 aliphatic rings. The first-order chi connectivity index (χ1) is 22.0. The number of halogens is 1. The van der Waals surface area contributed by atoms with E-state index in [-0.39, 0.29) is 51.0 Å². The minimum absolute atomic E-state index is 0.0143. The Labute approximate surface area is 288 Å². The van der Waals surface area contributed by atoms with Crippen LogP contribution in [0.2, 0.25) is 5.02 Å². The van der Waals surface area contributed by atoms with Gasteiger partial charge in [0, 0.05) is 35.7 Å². The fourth-order valence-corrected chi connectivity index (χ4v) is 12.9. The molecule has 1 amide bonds. The van der Waals surface area contributed by atoms with Crippen molar-refractivity contribution in [1.29, 1.82) is 0 Å². The summed E-state index contributed by atoms with van der Waals surface area (Å²) in [4.78, 5) is 38.9. The lowest BCUT2D eigenvalue weighted by molar-refractivity contribution is -0.232. The van der Waals surface area contributed by atoms with Crippen molar-refractivity contribution in [2.75, 3.05) is 6.54 Å². The van der Waals surface area contributed by atoms with E-state index in [9.17, 15) is 14.4 Å². The maximum Gasteiger partial charge on any atom is 0.302 e. The van der Waals surface area contributed by atoms with Crippen molar-refractivity contribution in [3.63, 3.8) is 0 Å². The third kappa shape index (κ3) is 5.44. The Morgan fingerprint density at radius 2 is 1.62 bits per heavy atom. The van der Waals surface area contributed by atoms with Crippen molar-refractivity contribution in [2.24, 2.45) is 50.7 Å². The molecule has 0 aliphatic heterocycles. The maximum absolute atomic E-state index is 13.9. The average Bonchev–Trinajstić information content (AvgIpc) is 3.28. The SMILES string of the molecule is CC(=O)O[C@H]1CC[C@]2(C)[C@H]3CC[C@@H]4C5=C(C(C)C)C(=O)C[C@]5(CCNC(=O)Cc5ccc(Cl)cc5)CC[C@@]4(C)[C@]3(C)CC[C@H]2C1(C)C. The fourth-order valence-electron chi connectivity index (χ4n) is 12.7. The normalized spacial score (nSPS) is 39.1. The number of ether oxygens (including phenoxy) is 1. The number of carbonyl (C=O) groups is 3. The largest absolute Gasteiger partial charge is 0.462 e. The number of hydrogen-bond acceptors (Lipinski definition) is 4. The number of nitrogens with one attached hydrogen (secondary N) is 1. The van der Waals surface area contributed by atoms with E-state index in [1.807, 2.05) is 24.3 Å². The molecule has 8 atom stereocenters. The summed E-state index contributed by atoms with van der Waals surface area (Å²) in [5.41, 5.74) is 3.82. The van der Waals surface area contributed by atoms with Crippen LogP contribution in [0.4, 0.5) is 0 Å².